The van der Waals surface area contributed by atoms with Crippen molar-refractivity contribution >= 4 is 15.7 Å². The Bertz CT molecular complexity index is 994. The minimum atomic E-state index is -3.58. The fourth-order valence-electron chi connectivity index (χ4n) is 3.61. The van der Waals surface area contributed by atoms with E-state index in [1.165, 1.54) is 10.4 Å². The number of hydrogen-bond acceptors (Lipinski definition) is 3. The van der Waals surface area contributed by atoms with E-state index in [2.05, 4.69) is 6.58 Å². The number of sulfonamides is 1. The molecule has 0 N–H and O–H groups in total. The number of aryl methyl sites for hydroxylation is 2. The van der Waals surface area contributed by atoms with Crippen LogP contribution in [0.5, 0.6) is 0 Å². The Morgan fingerprint density at radius 1 is 1.04 bits per heavy atom. The van der Waals surface area contributed by atoms with Gasteiger partial charge in [0.05, 0.1) is 10.6 Å². The molecule has 4 nitrogen and oxygen atoms in total. The van der Waals surface area contributed by atoms with E-state index >= 15 is 0 Å². The molecule has 2 aromatic carbocycles. The van der Waals surface area contributed by atoms with E-state index in [9.17, 15) is 12.8 Å². The van der Waals surface area contributed by atoms with Crippen molar-refractivity contribution in [3.05, 3.63) is 71.1 Å². The minimum absolute atomic E-state index is 0.264. The molecule has 0 saturated carbocycles. The fourth-order valence-corrected chi connectivity index (χ4v) is 5.19. The largest absolute Gasteiger partial charge is 0.367 e. The van der Waals surface area contributed by atoms with E-state index < -0.39 is 10.0 Å². The Morgan fingerprint density at radius 3 is 2.32 bits per heavy atom. The molecule has 3 rings (SSSR count). The van der Waals surface area contributed by atoms with Gasteiger partial charge in [0.25, 0.3) is 0 Å². The van der Waals surface area contributed by atoms with Gasteiger partial charge in [-0.15, -0.1) is 0 Å². The Labute approximate surface area is 167 Å². The summed E-state index contributed by atoms with van der Waals surface area (Å²) in [5.74, 6) is -0.264. The maximum absolute atomic E-state index is 14.2. The molecule has 0 radical (unpaired) electrons. The molecule has 0 atom stereocenters. The van der Waals surface area contributed by atoms with Gasteiger partial charge < -0.3 is 4.90 Å². The molecule has 1 aliphatic heterocycles. The number of hydrogen-bond donors (Lipinski definition) is 0. The van der Waals surface area contributed by atoms with Crippen LogP contribution >= 0.6 is 0 Å². The number of allylic oxidation sites excluding steroid dienone is 1. The summed E-state index contributed by atoms with van der Waals surface area (Å²) in [5, 5.41) is 0. The van der Waals surface area contributed by atoms with Crippen LogP contribution in [-0.4, -0.2) is 38.9 Å². The molecule has 0 unspecified atom stereocenters. The molecule has 2 aromatic rings. The summed E-state index contributed by atoms with van der Waals surface area (Å²) >= 11 is 0. The van der Waals surface area contributed by atoms with Gasteiger partial charge in [-0.05, 0) is 68.1 Å². The summed E-state index contributed by atoms with van der Waals surface area (Å²) in [5.41, 5.74) is 4.25. The molecule has 0 aromatic heterocycles. The number of nitrogens with zero attached hydrogens (tertiary/aromatic N) is 2. The number of benzene rings is 2. The highest BCUT2D eigenvalue weighted by Gasteiger charge is 2.29. The standard InChI is InChI=1S/C22H27FN2O2S/c1-16(2)11-19-12-18(4)13-20(15-19)28(26,27)25-9-7-24(8-10-25)22-6-5-17(3)14-21(22)23/h5-6,12-15H,1,7-11H2,2-4H3. The molecule has 28 heavy (non-hydrogen) atoms. The van der Waals surface area contributed by atoms with Gasteiger partial charge in [0, 0.05) is 26.2 Å². The Kier molecular flexibility index (Phi) is 5.91. The molecular weight excluding hydrogens is 375 g/mol. The van der Waals surface area contributed by atoms with Crippen LogP contribution in [-0.2, 0) is 16.4 Å². The molecule has 1 fully saturated rings. The zero-order chi connectivity index (χ0) is 20.5. The Hall–Kier alpha value is -2.18. The van der Waals surface area contributed by atoms with Gasteiger partial charge in [-0.25, -0.2) is 12.8 Å². The highest BCUT2D eigenvalue weighted by Crippen LogP contribution is 2.25. The van der Waals surface area contributed by atoms with Crippen molar-refractivity contribution < 1.29 is 12.8 Å². The van der Waals surface area contributed by atoms with Gasteiger partial charge >= 0.3 is 0 Å². The SMILES string of the molecule is C=C(C)Cc1cc(C)cc(S(=O)(=O)N2CCN(c3ccc(C)cc3F)CC2)c1. The van der Waals surface area contributed by atoms with E-state index in [4.69, 9.17) is 0 Å². The number of anilines is 1. The second-order valence-electron chi connectivity index (χ2n) is 7.63. The van der Waals surface area contributed by atoms with Crippen molar-refractivity contribution in [1.82, 2.24) is 4.31 Å². The summed E-state index contributed by atoms with van der Waals surface area (Å²) in [7, 11) is -3.58. The molecular formula is C22H27FN2O2S. The van der Waals surface area contributed by atoms with Gasteiger partial charge in [0.2, 0.25) is 10.0 Å². The predicted octanol–water partition coefficient (Wildman–Crippen LogP) is 4.07. The molecule has 150 valence electrons. The summed E-state index contributed by atoms with van der Waals surface area (Å²) in [6.07, 6.45) is 0.657. The summed E-state index contributed by atoms with van der Waals surface area (Å²) in [6.45, 7) is 11.2. The zero-order valence-electron chi connectivity index (χ0n) is 16.7. The van der Waals surface area contributed by atoms with E-state index in [0.717, 1.165) is 22.3 Å². The molecule has 0 bridgehead atoms. The van der Waals surface area contributed by atoms with E-state index in [1.807, 2.05) is 37.8 Å². The quantitative estimate of drug-likeness (QED) is 0.708. The van der Waals surface area contributed by atoms with Gasteiger partial charge in [-0.2, -0.15) is 4.31 Å². The summed E-state index contributed by atoms with van der Waals surface area (Å²) in [6, 6.07) is 10.6. The molecule has 6 heteroatoms. The molecule has 1 saturated heterocycles. The molecule has 1 aliphatic rings. The maximum Gasteiger partial charge on any atom is 0.243 e. The van der Waals surface area contributed by atoms with Crippen molar-refractivity contribution in [3.63, 3.8) is 0 Å². The molecule has 0 amide bonds. The highest BCUT2D eigenvalue weighted by atomic mass is 32.2. The van der Waals surface area contributed by atoms with Gasteiger partial charge in [-0.3, -0.25) is 0 Å². The van der Waals surface area contributed by atoms with Crippen LogP contribution in [0.25, 0.3) is 0 Å². The molecule has 1 heterocycles. The molecule has 0 aliphatic carbocycles. The highest BCUT2D eigenvalue weighted by molar-refractivity contribution is 7.89. The van der Waals surface area contributed by atoms with Gasteiger partial charge in [-0.1, -0.05) is 24.3 Å². The lowest BCUT2D eigenvalue weighted by molar-refractivity contribution is 0.383. The Morgan fingerprint density at radius 2 is 1.71 bits per heavy atom. The molecule has 0 spiro atoms. The van der Waals surface area contributed by atoms with Crippen LogP contribution < -0.4 is 4.90 Å². The average Bonchev–Trinajstić information content (AvgIpc) is 2.61. The van der Waals surface area contributed by atoms with Crippen molar-refractivity contribution in [3.8, 4) is 0 Å². The lowest BCUT2D eigenvalue weighted by atomic mass is 10.1. The lowest BCUT2D eigenvalue weighted by Crippen LogP contribution is -2.48. The third-order valence-electron chi connectivity index (χ3n) is 4.94. The number of piperazine rings is 1. The zero-order valence-corrected chi connectivity index (χ0v) is 17.5. The average molecular weight is 403 g/mol. The first kappa shape index (κ1) is 20.6. The first-order valence-electron chi connectivity index (χ1n) is 9.43. The number of rotatable bonds is 5. The van der Waals surface area contributed by atoms with E-state index in [1.54, 1.807) is 18.2 Å². The first-order valence-corrected chi connectivity index (χ1v) is 10.9. The van der Waals surface area contributed by atoms with Crippen LogP contribution in [0.1, 0.15) is 23.6 Å². The van der Waals surface area contributed by atoms with Crippen LogP contribution in [0.15, 0.2) is 53.4 Å². The summed E-state index contributed by atoms with van der Waals surface area (Å²) < 4.78 is 42.0. The number of halogens is 1. The van der Waals surface area contributed by atoms with Crippen molar-refractivity contribution in [2.45, 2.75) is 32.1 Å². The van der Waals surface area contributed by atoms with Gasteiger partial charge in [0.15, 0.2) is 0 Å². The fraction of sp³-hybridized carbons (Fsp3) is 0.364. The van der Waals surface area contributed by atoms with Crippen molar-refractivity contribution in [1.29, 1.82) is 0 Å². The monoisotopic (exact) mass is 402 g/mol. The van der Waals surface area contributed by atoms with E-state index in [-0.39, 0.29) is 5.82 Å². The normalized spacial score (nSPS) is 15.6. The van der Waals surface area contributed by atoms with Crippen LogP contribution in [0, 0.1) is 19.7 Å². The predicted molar refractivity (Wildman–Crippen MR) is 112 cm³/mol. The van der Waals surface area contributed by atoms with Crippen molar-refractivity contribution in [2.24, 2.45) is 0 Å². The second-order valence-corrected chi connectivity index (χ2v) is 9.57. The van der Waals surface area contributed by atoms with Crippen LogP contribution in [0.4, 0.5) is 10.1 Å². The summed E-state index contributed by atoms with van der Waals surface area (Å²) in [4.78, 5) is 2.22. The maximum atomic E-state index is 14.2. The van der Waals surface area contributed by atoms with E-state index in [0.29, 0.717) is 43.2 Å². The first-order chi connectivity index (χ1) is 13.2. The van der Waals surface area contributed by atoms with Crippen LogP contribution in [0.2, 0.25) is 0 Å². The minimum Gasteiger partial charge on any atom is -0.367 e. The van der Waals surface area contributed by atoms with Crippen molar-refractivity contribution in [2.75, 3.05) is 31.1 Å². The van der Waals surface area contributed by atoms with Crippen LogP contribution in [0.3, 0.4) is 0 Å². The third-order valence-corrected chi connectivity index (χ3v) is 6.81. The van der Waals surface area contributed by atoms with Gasteiger partial charge in [0.1, 0.15) is 5.82 Å². The second kappa shape index (κ2) is 8.05. The third kappa shape index (κ3) is 4.45. The smallest absolute Gasteiger partial charge is 0.243 e. The lowest BCUT2D eigenvalue weighted by Gasteiger charge is -2.35. The topological polar surface area (TPSA) is 40.6 Å². The Balaban J connectivity index is 1.78.